The fourth-order valence-electron chi connectivity index (χ4n) is 13.5. The molecule has 0 amide bonds. The summed E-state index contributed by atoms with van der Waals surface area (Å²) in [6.07, 6.45) is 2.37. The van der Waals surface area contributed by atoms with Crippen molar-refractivity contribution in [2.45, 2.75) is 76.0 Å². The number of rotatable bonds is 3. The Morgan fingerprint density at radius 1 is 0.433 bits per heavy atom. The summed E-state index contributed by atoms with van der Waals surface area (Å²) in [7, 11) is 2.52. The number of nitrogens with one attached hydrogen (secondary N) is 1. The van der Waals surface area contributed by atoms with Crippen LogP contribution < -0.4 is 21.1 Å². The van der Waals surface area contributed by atoms with E-state index in [1.54, 1.807) is 0 Å². The molecule has 0 saturated heterocycles. The SMILES string of the molecule is CC1(C)CCC(C)(C)c2cc(Nc3cc4c(cc3-c3cc5ccccc5c5c3[B]c3cccc6c3N5c3ccccc3C63c5ccccc5-c5ccccc53)C(C)(C)c3ccccc3-4)ccc21. The highest BCUT2D eigenvalue weighted by atomic mass is 15.2. The number of hydrogen-bond acceptors (Lipinski definition) is 2. The zero-order chi connectivity index (χ0) is 45.2. The van der Waals surface area contributed by atoms with Crippen LogP contribution in [0, 0.1) is 0 Å². The summed E-state index contributed by atoms with van der Waals surface area (Å²) in [5.74, 6) is 0. The number of para-hydroxylation sites is 2. The average molecular weight is 860 g/mol. The molecule has 0 bridgehead atoms. The van der Waals surface area contributed by atoms with Crippen molar-refractivity contribution >= 4 is 57.4 Å². The molecule has 9 aromatic rings. The zero-order valence-corrected chi connectivity index (χ0v) is 39.2. The van der Waals surface area contributed by atoms with Crippen LogP contribution >= 0.6 is 0 Å². The van der Waals surface area contributed by atoms with E-state index in [1.165, 1.54) is 129 Å². The van der Waals surface area contributed by atoms with Crippen molar-refractivity contribution in [1.29, 1.82) is 0 Å². The molecule has 0 saturated carbocycles. The summed E-state index contributed by atoms with van der Waals surface area (Å²) >= 11 is 0. The molecule has 2 nitrogen and oxygen atoms in total. The summed E-state index contributed by atoms with van der Waals surface area (Å²) in [5.41, 5.74) is 26.8. The van der Waals surface area contributed by atoms with Gasteiger partial charge in [-0.15, -0.1) is 0 Å². The highest BCUT2D eigenvalue weighted by Gasteiger charge is 2.53. The molecule has 0 aromatic heterocycles. The van der Waals surface area contributed by atoms with Gasteiger partial charge >= 0.3 is 0 Å². The first kappa shape index (κ1) is 39.1. The van der Waals surface area contributed by atoms with E-state index in [1.807, 2.05) is 0 Å². The van der Waals surface area contributed by atoms with Gasteiger partial charge < -0.3 is 10.2 Å². The number of nitrogens with zero attached hydrogens (tertiary/aromatic N) is 1. The minimum Gasteiger partial charge on any atom is -0.355 e. The van der Waals surface area contributed by atoms with Crippen molar-refractivity contribution in [2.75, 3.05) is 10.2 Å². The number of hydrogen-bond donors (Lipinski definition) is 1. The minimum atomic E-state index is -0.472. The Bertz CT molecular complexity index is 3600. The lowest BCUT2D eigenvalue weighted by Gasteiger charge is -2.48. The maximum atomic E-state index is 4.13. The van der Waals surface area contributed by atoms with E-state index < -0.39 is 5.41 Å². The van der Waals surface area contributed by atoms with Crippen LogP contribution in [-0.2, 0) is 21.7 Å². The third kappa shape index (κ3) is 5.07. The molecular formula is C64H52BN2. The average Bonchev–Trinajstić information content (AvgIpc) is 3.76. The van der Waals surface area contributed by atoms with Gasteiger partial charge in [-0.05, 0) is 143 Å². The minimum absolute atomic E-state index is 0.0941. The molecular weight excluding hydrogens is 808 g/mol. The first-order chi connectivity index (χ1) is 32.5. The molecule has 0 fully saturated rings. The molecule has 3 heteroatoms. The Kier molecular flexibility index (Phi) is 7.76. The maximum Gasteiger partial charge on any atom is 0.197 e. The van der Waals surface area contributed by atoms with Gasteiger partial charge in [0.1, 0.15) is 0 Å². The van der Waals surface area contributed by atoms with Crippen LogP contribution in [0.15, 0.2) is 176 Å². The van der Waals surface area contributed by atoms with Crippen molar-refractivity contribution < 1.29 is 0 Å². The van der Waals surface area contributed by atoms with Crippen LogP contribution in [0.3, 0.4) is 0 Å². The van der Waals surface area contributed by atoms with Crippen LogP contribution in [0.5, 0.6) is 0 Å². The lowest BCUT2D eigenvalue weighted by Crippen LogP contribution is -2.47. The fourth-order valence-corrected chi connectivity index (χ4v) is 13.5. The molecule has 1 N–H and O–H groups in total. The summed E-state index contributed by atoms with van der Waals surface area (Å²) in [6, 6.07) is 67.4. The quantitative estimate of drug-likeness (QED) is 0.178. The molecule has 0 unspecified atom stereocenters. The van der Waals surface area contributed by atoms with Crippen LogP contribution in [0.25, 0.3) is 44.2 Å². The van der Waals surface area contributed by atoms with Crippen LogP contribution in [0.1, 0.15) is 98.9 Å². The molecule has 2 aliphatic heterocycles. The Morgan fingerprint density at radius 3 is 1.79 bits per heavy atom. The first-order valence-corrected chi connectivity index (χ1v) is 24.3. The van der Waals surface area contributed by atoms with Crippen molar-refractivity contribution in [3.8, 4) is 33.4 Å². The Hall–Kier alpha value is -7.10. The van der Waals surface area contributed by atoms with Gasteiger partial charge in [0.2, 0.25) is 0 Å². The monoisotopic (exact) mass is 859 g/mol. The topological polar surface area (TPSA) is 15.3 Å². The molecule has 14 rings (SSSR count). The van der Waals surface area contributed by atoms with Gasteiger partial charge in [-0.3, -0.25) is 0 Å². The third-order valence-corrected chi connectivity index (χ3v) is 16.9. The molecule has 5 aliphatic rings. The molecule has 9 aromatic carbocycles. The second kappa shape index (κ2) is 13.3. The molecule has 1 radical (unpaired) electrons. The van der Waals surface area contributed by atoms with E-state index in [2.05, 4.69) is 235 Å². The molecule has 1 spiro atoms. The summed E-state index contributed by atoms with van der Waals surface area (Å²) in [5, 5.41) is 6.61. The molecule has 0 atom stereocenters. The maximum absolute atomic E-state index is 4.13. The predicted molar refractivity (Wildman–Crippen MR) is 283 cm³/mol. The largest absolute Gasteiger partial charge is 0.355 e. The standard InChI is InChI=1S/C64H52BN2/c1-61(2)32-33-62(3,4)54-35-39(30-31-50(54)61)66-56-37-44-43-22-9-12-23-47(43)63(5,6)53(44)36-45(56)46-34-38-18-7-8-19-40(38)59-58(46)65-55-28-17-27-52-60(55)67(59)57-29-16-15-26-51(57)64(52)48-24-13-10-20-41(48)42-21-11-14-25-49(42)64/h7-31,34-37,66H,32-33H2,1-6H3. The second-order valence-corrected chi connectivity index (χ2v) is 21.8. The summed E-state index contributed by atoms with van der Waals surface area (Å²) < 4.78 is 0. The van der Waals surface area contributed by atoms with Gasteiger partial charge in [0.05, 0.1) is 11.1 Å². The number of anilines is 5. The van der Waals surface area contributed by atoms with Crippen molar-refractivity contribution in [3.63, 3.8) is 0 Å². The van der Waals surface area contributed by atoms with E-state index in [-0.39, 0.29) is 16.2 Å². The molecule has 67 heavy (non-hydrogen) atoms. The summed E-state index contributed by atoms with van der Waals surface area (Å²) in [6.45, 7) is 14.5. The molecule has 3 aliphatic carbocycles. The van der Waals surface area contributed by atoms with E-state index in [0.29, 0.717) is 0 Å². The van der Waals surface area contributed by atoms with E-state index >= 15 is 0 Å². The van der Waals surface area contributed by atoms with Gasteiger partial charge in [0.25, 0.3) is 0 Å². The number of fused-ring (bicyclic) bond motifs is 17. The van der Waals surface area contributed by atoms with Crippen molar-refractivity contribution in [1.82, 2.24) is 0 Å². The fraction of sp³-hybridized carbons (Fsp3) is 0.188. The van der Waals surface area contributed by atoms with Gasteiger partial charge in [-0.1, -0.05) is 187 Å². The smallest absolute Gasteiger partial charge is 0.197 e. The van der Waals surface area contributed by atoms with Gasteiger partial charge in [-0.25, -0.2) is 0 Å². The Balaban J connectivity index is 1.04. The third-order valence-electron chi connectivity index (χ3n) is 16.9. The Labute approximate surface area is 395 Å². The van der Waals surface area contributed by atoms with Gasteiger partial charge in [0.15, 0.2) is 7.28 Å². The lowest BCUT2D eigenvalue weighted by atomic mass is 9.54. The summed E-state index contributed by atoms with van der Waals surface area (Å²) in [4.78, 5) is 2.64. The van der Waals surface area contributed by atoms with Gasteiger partial charge in [0, 0.05) is 39.1 Å². The number of benzene rings is 9. The van der Waals surface area contributed by atoms with Crippen LogP contribution in [-0.4, -0.2) is 7.28 Å². The van der Waals surface area contributed by atoms with Crippen molar-refractivity contribution in [3.05, 3.63) is 220 Å². The van der Waals surface area contributed by atoms with Crippen LogP contribution in [0.2, 0.25) is 0 Å². The van der Waals surface area contributed by atoms with E-state index in [0.717, 1.165) is 11.4 Å². The lowest BCUT2D eigenvalue weighted by molar-refractivity contribution is 0.332. The zero-order valence-electron chi connectivity index (χ0n) is 39.2. The van der Waals surface area contributed by atoms with Crippen molar-refractivity contribution in [2.24, 2.45) is 0 Å². The van der Waals surface area contributed by atoms with Crippen LogP contribution in [0.4, 0.5) is 28.4 Å². The predicted octanol–water partition coefficient (Wildman–Crippen LogP) is 15.0. The normalized spacial score (nSPS) is 17.3. The van der Waals surface area contributed by atoms with E-state index in [9.17, 15) is 0 Å². The van der Waals surface area contributed by atoms with E-state index in [4.69, 9.17) is 0 Å². The first-order valence-electron chi connectivity index (χ1n) is 24.3. The molecule has 2 heterocycles. The van der Waals surface area contributed by atoms with Gasteiger partial charge in [-0.2, -0.15) is 0 Å². The highest BCUT2D eigenvalue weighted by Crippen LogP contribution is 2.64. The molecule has 321 valence electrons. The Morgan fingerprint density at radius 2 is 1.04 bits per heavy atom. The second-order valence-electron chi connectivity index (χ2n) is 21.8. The highest BCUT2D eigenvalue weighted by molar-refractivity contribution is 6.74.